The number of nitrogens with one attached hydrogen (secondary N) is 1. The molecule has 0 amide bonds. The van der Waals surface area contributed by atoms with Crippen LogP contribution in [0.1, 0.15) is 31.0 Å². The summed E-state index contributed by atoms with van der Waals surface area (Å²) in [5, 5.41) is 3.29. The lowest BCUT2D eigenvalue weighted by molar-refractivity contribution is 0.815. The van der Waals surface area contributed by atoms with Gasteiger partial charge in [0.25, 0.3) is 0 Å². The van der Waals surface area contributed by atoms with E-state index in [9.17, 15) is 0 Å². The first-order valence-corrected chi connectivity index (χ1v) is 6.07. The number of nitrogens with two attached hydrogens (primary N) is 1. The standard InChI is InChI=1S/C14H18N4/c1-10(2)13-7-14(17-9-16-13)18-12-6-4-3-5-11(12)8-15/h3-7,9-10H,8,15H2,1-2H3,(H,16,17,18). The Hall–Kier alpha value is -1.94. The predicted octanol–water partition coefficient (Wildman–Crippen LogP) is 2.80. The molecular weight excluding hydrogens is 224 g/mol. The van der Waals surface area contributed by atoms with Gasteiger partial charge in [-0.3, -0.25) is 0 Å². The van der Waals surface area contributed by atoms with Crippen molar-refractivity contribution in [3.05, 3.63) is 47.9 Å². The molecule has 0 aliphatic carbocycles. The van der Waals surface area contributed by atoms with Crippen molar-refractivity contribution in [2.45, 2.75) is 26.3 Å². The molecule has 1 aromatic heterocycles. The van der Waals surface area contributed by atoms with E-state index in [1.807, 2.05) is 30.3 Å². The summed E-state index contributed by atoms with van der Waals surface area (Å²) in [6.07, 6.45) is 1.59. The summed E-state index contributed by atoms with van der Waals surface area (Å²) in [6, 6.07) is 9.93. The van der Waals surface area contributed by atoms with Crippen LogP contribution >= 0.6 is 0 Å². The first-order valence-electron chi connectivity index (χ1n) is 6.07. The highest BCUT2D eigenvalue weighted by Crippen LogP contribution is 2.20. The Bertz CT molecular complexity index is 523. The van der Waals surface area contributed by atoms with Gasteiger partial charge in [-0.25, -0.2) is 9.97 Å². The highest BCUT2D eigenvalue weighted by Gasteiger charge is 2.05. The molecule has 0 saturated carbocycles. The lowest BCUT2D eigenvalue weighted by atomic mass is 10.1. The third-order valence-corrected chi connectivity index (χ3v) is 2.78. The molecule has 0 spiro atoms. The van der Waals surface area contributed by atoms with Gasteiger partial charge in [-0.05, 0) is 17.5 Å². The van der Waals surface area contributed by atoms with Crippen molar-refractivity contribution in [2.75, 3.05) is 5.32 Å². The third kappa shape index (κ3) is 2.84. The lowest BCUT2D eigenvalue weighted by Gasteiger charge is -2.11. The zero-order valence-corrected chi connectivity index (χ0v) is 10.7. The maximum atomic E-state index is 5.71. The van der Waals surface area contributed by atoms with Crippen LogP contribution < -0.4 is 11.1 Å². The van der Waals surface area contributed by atoms with Crippen LogP contribution in [0.3, 0.4) is 0 Å². The van der Waals surface area contributed by atoms with E-state index in [0.29, 0.717) is 12.5 Å². The predicted molar refractivity (Wildman–Crippen MR) is 73.7 cm³/mol. The second-order valence-electron chi connectivity index (χ2n) is 4.47. The number of aromatic nitrogens is 2. The molecule has 3 N–H and O–H groups in total. The fourth-order valence-electron chi connectivity index (χ4n) is 1.71. The van der Waals surface area contributed by atoms with Crippen LogP contribution in [-0.2, 0) is 6.54 Å². The Kier molecular flexibility index (Phi) is 3.89. The fourth-order valence-corrected chi connectivity index (χ4v) is 1.71. The Morgan fingerprint density at radius 2 is 2.00 bits per heavy atom. The highest BCUT2D eigenvalue weighted by atomic mass is 15.0. The summed E-state index contributed by atoms with van der Waals surface area (Å²) in [5.74, 6) is 1.19. The van der Waals surface area contributed by atoms with E-state index in [1.54, 1.807) is 6.33 Å². The molecule has 2 rings (SSSR count). The minimum Gasteiger partial charge on any atom is -0.340 e. The number of hydrogen-bond acceptors (Lipinski definition) is 4. The normalized spacial score (nSPS) is 10.7. The molecule has 0 fully saturated rings. The summed E-state index contributed by atoms with van der Waals surface area (Å²) in [5.41, 5.74) is 8.80. The molecule has 18 heavy (non-hydrogen) atoms. The molecular formula is C14H18N4. The third-order valence-electron chi connectivity index (χ3n) is 2.78. The van der Waals surface area contributed by atoms with Gasteiger partial charge >= 0.3 is 0 Å². The van der Waals surface area contributed by atoms with Crippen LogP contribution in [0.5, 0.6) is 0 Å². The SMILES string of the molecule is CC(C)c1cc(Nc2ccccc2CN)ncn1. The molecule has 0 bridgehead atoms. The van der Waals surface area contributed by atoms with Crippen LogP contribution in [0.15, 0.2) is 36.7 Å². The van der Waals surface area contributed by atoms with Crippen molar-refractivity contribution in [1.82, 2.24) is 9.97 Å². The Labute approximate surface area is 107 Å². The average Bonchev–Trinajstić information content (AvgIpc) is 2.39. The van der Waals surface area contributed by atoms with Gasteiger partial charge in [0.1, 0.15) is 12.1 Å². The van der Waals surface area contributed by atoms with E-state index < -0.39 is 0 Å². The molecule has 0 saturated heterocycles. The number of rotatable bonds is 4. The van der Waals surface area contributed by atoms with Crippen molar-refractivity contribution >= 4 is 11.5 Å². The zero-order chi connectivity index (χ0) is 13.0. The van der Waals surface area contributed by atoms with E-state index >= 15 is 0 Å². The van der Waals surface area contributed by atoms with Crippen LogP contribution in [0.4, 0.5) is 11.5 Å². The average molecular weight is 242 g/mol. The van der Waals surface area contributed by atoms with Gasteiger partial charge in [0.05, 0.1) is 0 Å². The molecule has 1 heterocycles. The van der Waals surface area contributed by atoms with Crippen molar-refractivity contribution in [2.24, 2.45) is 5.73 Å². The second-order valence-corrected chi connectivity index (χ2v) is 4.47. The number of hydrogen-bond donors (Lipinski definition) is 2. The topological polar surface area (TPSA) is 63.8 Å². The van der Waals surface area contributed by atoms with Gasteiger partial charge in [0, 0.05) is 24.0 Å². The quantitative estimate of drug-likeness (QED) is 0.865. The summed E-state index contributed by atoms with van der Waals surface area (Å²) in [7, 11) is 0. The van der Waals surface area contributed by atoms with Gasteiger partial charge in [0.15, 0.2) is 0 Å². The van der Waals surface area contributed by atoms with Gasteiger partial charge < -0.3 is 11.1 Å². The maximum Gasteiger partial charge on any atom is 0.134 e. The van der Waals surface area contributed by atoms with E-state index in [0.717, 1.165) is 22.8 Å². The van der Waals surface area contributed by atoms with Crippen LogP contribution in [-0.4, -0.2) is 9.97 Å². The van der Waals surface area contributed by atoms with Gasteiger partial charge in [-0.2, -0.15) is 0 Å². The molecule has 0 unspecified atom stereocenters. The molecule has 2 aromatic rings. The summed E-state index contributed by atoms with van der Waals surface area (Å²) < 4.78 is 0. The van der Waals surface area contributed by atoms with Gasteiger partial charge in [-0.15, -0.1) is 0 Å². The highest BCUT2D eigenvalue weighted by molar-refractivity contribution is 5.60. The molecule has 94 valence electrons. The number of benzene rings is 1. The molecule has 4 heteroatoms. The van der Waals surface area contributed by atoms with Gasteiger partial charge in [0.2, 0.25) is 0 Å². The summed E-state index contributed by atoms with van der Waals surface area (Å²) >= 11 is 0. The van der Waals surface area contributed by atoms with Crippen molar-refractivity contribution in [3.8, 4) is 0 Å². The Morgan fingerprint density at radius 1 is 1.22 bits per heavy atom. The fraction of sp³-hybridized carbons (Fsp3) is 0.286. The first-order chi connectivity index (χ1) is 8.70. The number of anilines is 2. The lowest BCUT2D eigenvalue weighted by Crippen LogP contribution is -2.03. The summed E-state index contributed by atoms with van der Waals surface area (Å²) in [4.78, 5) is 8.48. The van der Waals surface area contributed by atoms with Crippen LogP contribution in [0, 0.1) is 0 Å². The largest absolute Gasteiger partial charge is 0.340 e. The van der Waals surface area contributed by atoms with E-state index in [-0.39, 0.29) is 0 Å². The van der Waals surface area contributed by atoms with Crippen LogP contribution in [0.25, 0.3) is 0 Å². The molecule has 1 aromatic carbocycles. The van der Waals surface area contributed by atoms with Crippen molar-refractivity contribution in [1.29, 1.82) is 0 Å². The van der Waals surface area contributed by atoms with E-state index in [2.05, 4.69) is 29.1 Å². The van der Waals surface area contributed by atoms with E-state index in [1.165, 1.54) is 0 Å². The molecule has 0 atom stereocenters. The van der Waals surface area contributed by atoms with Gasteiger partial charge in [-0.1, -0.05) is 32.0 Å². The maximum absolute atomic E-state index is 5.71. The van der Waals surface area contributed by atoms with Crippen LogP contribution in [0.2, 0.25) is 0 Å². The second kappa shape index (κ2) is 5.60. The van der Waals surface area contributed by atoms with E-state index in [4.69, 9.17) is 5.73 Å². The zero-order valence-electron chi connectivity index (χ0n) is 10.7. The Morgan fingerprint density at radius 3 is 2.72 bits per heavy atom. The minimum atomic E-state index is 0.387. The molecule has 0 aliphatic rings. The smallest absolute Gasteiger partial charge is 0.134 e. The number of para-hydroxylation sites is 1. The monoisotopic (exact) mass is 242 g/mol. The van der Waals surface area contributed by atoms with Crippen molar-refractivity contribution < 1.29 is 0 Å². The number of nitrogens with zero attached hydrogens (tertiary/aromatic N) is 2. The Balaban J connectivity index is 2.25. The molecule has 0 aliphatic heterocycles. The summed E-state index contributed by atoms with van der Waals surface area (Å²) in [6.45, 7) is 4.73. The molecule has 4 nitrogen and oxygen atoms in total. The first kappa shape index (κ1) is 12.5. The minimum absolute atomic E-state index is 0.387. The van der Waals surface area contributed by atoms with Crippen molar-refractivity contribution in [3.63, 3.8) is 0 Å². The molecule has 0 radical (unpaired) electrons.